The Morgan fingerprint density at radius 2 is 1.90 bits per heavy atom. The third kappa shape index (κ3) is 4.33. The summed E-state index contributed by atoms with van der Waals surface area (Å²) in [6.45, 7) is 0. The fourth-order valence-electron chi connectivity index (χ4n) is 0.226. The van der Waals surface area contributed by atoms with E-state index in [4.69, 9.17) is 33.9 Å². The van der Waals surface area contributed by atoms with Crippen LogP contribution >= 0.6 is 33.9 Å². The zero-order valence-corrected chi connectivity index (χ0v) is 7.64. The lowest BCUT2D eigenvalue weighted by atomic mass is 10.5. The highest BCUT2D eigenvalue weighted by Crippen LogP contribution is 2.16. The molecule has 0 amide bonds. The van der Waals surface area contributed by atoms with Crippen LogP contribution in [0.5, 0.6) is 0 Å². The first-order valence-corrected chi connectivity index (χ1v) is 5.28. The number of hydrogen-bond donors (Lipinski definition) is 0. The molecule has 0 bridgehead atoms. The molecule has 0 aliphatic carbocycles. The molecule has 0 saturated carbocycles. The highest BCUT2D eigenvalue weighted by atomic mass is 35.7. The summed E-state index contributed by atoms with van der Waals surface area (Å²) in [5.74, 6) is 0. The maximum Gasteiger partial charge on any atom is 0.249 e. The van der Waals surface area contributed by atoms with Crippen molar-refractivity contribution in [2.75, 3.05) is 0 Å². The average molecular weight is 225 g/mol. The first-order chi connectivity index (χ1) is 4.34. The van der Waals surface area contributed by atoms with Gasteiger partial charge in [0.25, 0.3) is 0 Å². The maximum atomic E-state index is 10.3. The molecule has 0 saturated heterocycles. The standard InChI is InChI=1S/C3H3Cl3O3S/c4-2(7)1-3(5)10(6,8)9/h3H,1H2. The SMILES string of the molecule is O=C(Cl)CC(Cl)S(=O)(=O)Cl. The van der Waals surface area contributed by atoms with Crippen molar-refractivity contribution >= 4 is 48.2 Å². The third-order valence-electron chi connectivity index (χ3n) is 0.626. The first-order valence-electron chi connectivity index (χ1n) is 2.10. The monoisotopic (exact) mass is 224 g/mol. The van der Waals surface area contributed by atoms with Crippen LogP contribution in [0.4, 0.5) is 0 Å². The number of hydrogen-bond acceptors (Lipinski definition) is 3. The smallest absolute Gasteiger partial charge is 0.249 e. The molecule has 0 aliphatic rings. The van der Waals surface area contributed by atoms with E-state index >= 15 is 0 Å². The van der Waals surface area contributed by atoms with Gasteiger partial charge in [-0.2, -0.15) is 0 Å². The van der Waals surface area contributed by atoms with Crippen molar-refractivity contribution < 1.29 is 13.2 Å². The van der Waals surface area contributed by atoms with Gasteiger partial charge in [0.05, 0.1) is 6.42 Å². The summed E-state index contributed by atoms with van der Waals surface area (Å²) in [5, 5.41) is -0.829. The Morgan fingerprint density at radius 3 is 2.00 bits per heavy atom. The van der Waals surface area contributed by atoms with E-state index in [1.165, 1.54) is 0 Å². The Labute approximate surface area is 72.7 Å². The number of alkyl halides is 1. The molecule has 0 fully saturated rings. The first kappa shape index (κ1) is 10.5. The molecule has 0 heterocycles. The molecule has 0 aliphatic heterocycles. The van der Waals surface area contributed by atoms with Crippen molar-refractivity contribution in [2.24, 2.45) is 0 Å². The van der Waals surface area contributed by atoms with Crippen molar-refractivity contribution in [3.63, 3.8) is 0 Å². The van der Waals surface area contributed by atoms with Crippen LogP contribution in [0.25, 0.3) is 0 Å². The molecule has 0 rings (SSSR count). The molecular formula is C3H3Cl3O3S. The number of carbonyl (C=O) groups is 1. The van der Waals surface area contributed by atoms with Crippen LogP contribution in [-0.2, 0) is 13.8 Å². The minimum atomic E-state index is -3.87. The lowest BCUT2D eigenvalue weighted by molar-refractivity contribution is -0.111. The largest absolute Gasteiger partial charge is 0.281 e. The molecule has 0 aromatic carbocycles. The molecule has 10 heavy (non-hydrogen) atoms. The average Bonchev–Trinajstić information content (AvgIpc) is 1.60. The summed E-state index contributed by atoms with van der Waals surface area (Å²) in [4.78, 5) is 10.1. The Bertz CT molecular complexity index is 221. The van der Waals surface area contributed by atoms with E-state index in [0.717, 1.165) is 0 Å². The van der Waals surface area contributed by atoms with E-state index < -0.39 is 25.4 Å². The second-order valence-corrected chi connectivity index (χ2v) is 5.46. The van der Waals surface area contributed by atoms with Crippen molar-refractivity contribution in [3.8, 4) is 0 Å². The van der Waals surface area contributed by atoms with E-state index in [-0.39, 0.29) is 0 Å². The lowest BCUT2D eigenvalue weighted by Crippen LogP contribution is -2.11. The molecular weight excluding hydrogens is 222 g/mol. The summed E-state index contributed by atoms with van der Waals surface area (Å²) in [6, 6.07) is 0. The molecule has 0 N–H and O–H groups in total. The third-order valence-corrected chi connectivity index (χ3v) is 3.34. The van der Waals surface area contributed by atoms with E-state index in [2.05, 4.69) is 0 Å². The molecule has 7 heteroatoms. The summed E-state index contributed by atoms with van der Waals surface area (Å²) < 4.78 is 19.1. The van der Waals surface area contributed by atoms with Crippen LogP contribution in [0, 0.1) is 0 Å². The normalized spacial score (nSPS) is 14.7. The number of carbonyl (C=O) groups excluding carboxylic acids is 1. The van der Waals surface area contributed by atoms with Gasteiger partial charge in [-0.15, -0.1) is 11.6 Å². The van der Waals surface area contributed by atoms with Crippen molar-refractivity contribution in [3.05, 3.63) is 0 Å². The van der Waals surface area contributed by atoms with Gasteiger partial charge < -0.3 is 0 Å². The summed E-state index contributed by atoms with van der Waals surface area (Å²) in [6.07, 6.45) is -0.477. The summed E-state index contributed by atoms with van der Waals surface area (Å²) in [7, 11) is 0.892. The molecule has 0 spiro atoms. The van der Waals surface area contributed by atoms with Gasteiger partial charge in [-0.3, -0.25) is 4.79 Å². The molecule has 0 aromatic heterocycles. The quantitative estimate of drug-likeness (QED) is 0.537. The topological polar surface area (TPSA) is 51.2 Å². The van der Waals surface area contributed by atoms with Gasteiger partial charge in [-0.1, -0.05) is 0 Å². The van der Waals surface area contributed by atoms with Crippen molar-refractivity contribution in [1.29, 1.82) is 0 Å². The Kier molecular flexibility index (Phi) is 3.94. The van der Waals surface area contributed by atoms with Crippen LogP contribution < -0.4 is 0 Å². The lowest BCUT2D eigenvalue weighted by Gasteiger charge is -1.98. The van der Waals surface area contributed by atoms with Crippen LogP contribution in [0.1, 0.15) is 6.42 Å². The van der Waals surface area contributed by atoms with Gasteiger partial charge in [0.1, 0.15) is 0 Å². The maximum absolute atomic E-state index is 10.3. The minimum absolute atomic E-state index is 0.477. The van der Waals surface area contributed by atoms with Crippen LogP contribution in [-0.4, -0.2) is 18.4 Å². The van der Waals surface area contributed by atoms with E-state index in [0.29, 0.717) is 0 Å². The minimum Gasteiger partial charge on any atom is -0.281 e. The van der Waals surface area contributed by atoms with Gasteiger partial charge in [0, 0.05) is 10.7 Å². The summed E-state index contributed by atoms with van der Waals surface area (Å²) in [5.41, 5.74) is 0. The molecule has 0 aromatic rings. The van der Waals surface area contributed by atoms with E-state index in [9.17, 15) is 13.2 Å². The van der Waals surface area contributed by atoms with Gasteiger partial charge in [-0.05, 0) is 11.6 Å². The molecule has 1 atom stereocenters. The van der Waals surface area contributed by atoms with Gasteiger partial charge in [-0.25, -0.2) is 8.42 Å². The van der Waals surface area contributed by atoms with E-state index in [1.54, 1.807) is 0 Å². The van der Waals surface area contributed by atoms with Gasteiger partial charge in [0.15, 0.2) is 4.71 Å². The second kappa shape index (κ2) is 3.76. The fourth-order valence-corrected chi connectivity index (χ4v) is 1.23. The molecule has 1 unspecified atom stereocenters. The van der Waals surface area contributed by atoms with Crippen LogP contribution in [0.15, 0.2) is 0 Å². The Hall–Kier alpha value is 0.490. The zero-order valence-electron chi connectivity index (χ0n) is 4.55. The molecule has 0 radical (unpaired) electrons. The zero-order chi connectivity index (χ0) is 8.36. The fraction of sp³-hybridized carbons (Fsp3) is 0.667. The van der Waals surface area contributed by atoms with Crippen molar-refractivity contribution in [1.82, 2.24) is 0 Å². The predicted molar refractivity (Wildman–Crippen MR) is 39.9 cm³/mol. The van der Waals surface area contributed by atoms with Crippen LogP contribution in [0.2, 0.25) is 0 Å². The number of halogens is 3. The van der Waals surface area contributed by atoms with Gasteiger partial charge >= 0.3 is 0 Å². The summed E-state index contributed by atoms with van der Waals surface area (Å²) >= 11 is 9.96. The molecule has 60 valence electrons. The van der Waals surface area contributed by atoms with Gasteiger partial charge in [0.2, 0.25) is 14.3 Å². The second-order valence-electron chi connectivity index (χ2n) is 1.44. The predicted octanol–water partition coefficient (Wildman–Crippen LogP) is 1.28. The Morgan fingerprint density at radius 1 is 1.50 bits per heavy atom. The van der Waals surface area contributed by atoms with Crippen molar-refractivity contribution in [2.45, 2.75) is 11.1 Å². The molecule has 3 nitrogen and oxygen atoms in total. The van der Waals surface area contributed by atoms with E-state index in [1.807, 2.05) is 0 Å². The Balaban J connectivity index is 4.12. The number of rotatable bonds is 3. The highest BCUT2D eigenvalue weighted by Gasteiger charge is 2.22. The van der Waals surface area contributed by atoms with Crippen LogP contribution in [0.3, 0.4) is 0 Å². The highest BCUT2D eigenvalue weighted by molar-refractivity contribution is 8.15.